The Morgan fingerprint density at radius 3 is 2.70 bits per heavy atom. The fourth-order valence-electron chi connectivity index (χ4n) is 3.00. The molecule has 0 unspecified atom stereocenters. The summed E-state index contributed by atoms with van der Waals surface area (Å²) in [5.41, 5.74) is 4.07. The zero-order chi connectivity index (χ0) is 17.5. The molecule has 130 valence electrons. The summed E-state index contributed by atoms with van der Waals surface area (Å²) < 4.78 is 5.30. The van der Waals surface area contributed by atoms with Crippen LogP contribution in [0.5, 0.6) is 0 Å². The van der Waals surface area contributed by atoms with E-state index in [1.165, 1.54) is 13.8 Å². The maximum absolute atomic E-state index is 12.2. The number of nitrogens with one attached hydrogen (secondary N) is 1. The average molecular weight is 349 g/mol. The summed E-state index contributed by atoms with van der Waals surface area (Å²) >= 11 is 5.91. The third-order valence-corrected chi connectivity index (χ3v) is 4.88. The zero-order valence-corrected chi connectivity index (χ0v) is 13.6. The molecular formula is C14H21ClN2O6. The number of cyclic esters (lactones) is 1. The molecule has 1 aliphatic carbocycles. The van der Waals surface area contributed by atoms with Gasteiger partial charge in [-0.2, -0.15) is 0 Å². The van der Waals surface area contributed by atoms with Gasteiger partial charge in [0.05, 0.1) is 35.7 Å². The number of esters is 1. The Morgan fingerprint density at radius 2 is 2.17 bits per heavy atom. The van der Waals surface area contributed by atoms with Crippen LogP contribution in [0.3, 0.4) is 0 Å². The second kappa shape index (κ2) is 6.27. The Kier molecular flexibility index (Phi) is 4.91. The fourth-order valence-corrected chi connectivity index (χ4v) is 3.22. The lowest BCUT2D eigenvalue weighted by Gasteiger charge is -2.49. The van der Waals surface area contributed by atoms with Gasteiger partial charge in [0, 0.05) is 12.3 Å². The Bertz CT molecular complexity index is 551. The van der Waals surface area contributed by atoms with Crippen molar-refractivity contribution in [2.24, 2.45) is 11.7 Å². The van der Waals surface area contributed by atoms with Crippen molar-refractivity contribution >= 4 is 23.5 Å². The van der Waals surface area contributed by atoms with E-state index in [4.69, 9.17) is 22.1 Å². The van der Waals surface area contributed by atoms with Crippen LogP contribution in [0.2, 0.25) is 0 Å². The highest BCUT2D eigenvalue weighted by molar-refractivity contribution is 6.18. The summed E-state index contributed by atoms with van der Waals surface area (Å²) in [5, 5.41) is 32.9. The molecule has 2 rings (SSSR count). The summed E-state index contributed by atoms with van der Waals surface area (Å²) in [6, 6.07) is -1.78. The van der Waals surface area contributed by atoms with E-state index >= 15 is 0 Å². The number of carbonyl (C=O) groups is 2. The highest BCUT2D eigenvalue weighted by Crippen LogP contribution is 2.42. The molecule has 1 aliphatic heterocycles. The lowest BCUT2D eigenvalue weighted by atomic mass is 9.71. The number of hydrogen-bond acceptors (Lipinski definition) is 7. The summed E-state index contributed by atoms with van der Waals surface area (Å²) in [5.74, 6) is -2.93. The topological polar surface area (TPSA) is 142 Å². The van der Waals surface area contributed by atoms with Crippen LogP contribution in [0.1, 0.15) is 20.3 Å². The number of fused-ring (bicyclic) bond motifs is 1. The summed E-state index contributed by atoms with van der Waals surface area (Å²) in [7, 11) is 0. The minimum atomic E-state index is -1.37. The monoisotopic (exact) mass is 348 g/mol. The van der Waals surface area contributed by atoms with Crippen molar-refractivity contribution in [3.8, 4) is 0 Å². The first-order chi connectivity index (χ1) is 10.6. The van der Waals surface area contributed by atoms with Gasteiger partial charge in [0.25, 0.3) is 0 Å². The molecule has 0 aromatic heterocycles. The average Bonchev–Trinajstić information content (AvgIpc) is 2.46. The van der Waals surface area contributed by atoms with Gasteiger partial charge in [-0.25, -0.2) is 4.79 Å². The molecule has 1 heterocycles. The number of alkyl halides is 1. The molecule has 0 bridgehead atoms. The molecule has 0 spiro atoms. The van der Waals surface area contributed by atoms with Crippen LogP contribution in [-0.2, 0) is 14.3 Å². The van der Waals surface area contributed by atoms with E-state index in [0.29, 0.717) is 0 Å². The molecule has 0 aromatic carbocycles. The van der Waals surface area contributed by atoms with Gasteiger partial charge in [0.15, 0.2) is 0 Å². The Hall–Kier alpha value is -1.35. The number of hydrogen-bond donors (Lipinski definition) is 5. The molecule has 6 N–H and O–H groups in total. The van der Waals surface area contributed by atoms with E-state index < -0.39 is 47.7 Å². The number of nitrogens with two attached hydrogens (primary N) is 1. The highest BCUT2D eigenvalue weighted by atomic mass is 35.5. The smallest absolute Gasteiger partial charge is 0.338 e. The van der Waals surface area contributed by atoms with E-state index in [9.17, 15) is 24.9 Å². The first-order valence-corrected chi connectivity index (χ1v) is 7.79. The first-order valence-electron chi connectivity index (χ1n) is 7.25. The van der Waals surface area contributed by atoms with E-state index in [0.717, 1.165) is 0 Å². The van der Waals surface area contributed by atoms with Gasteiger partial charge in [-0.3, -0.25) is 4.79 Å². The predicted molar refractivity (Wildman–Crippen MR) is 80.6 cm³/mol. The lowest BCUT2D eigenvalue weighted by Crippen LogP contribution is -2.67. The molecule has 0 aromatic rings. The normalized spacial score (nSPS) is 38.6. The number of ether oxygens (including phenoxy) is 1. The van der Waals surface area contributed by atoms with Gasteiger partial charge in [0.2, 0.25) is 5.91 Å². The number of aliphatic hydroxyl groups is 3. The number of rotatable bonds is 3. The van der Waals surface area contributed by atoms with Crippen molar-refractivity contribution < 1.29 is 29.6 Å². The quantitative estimate of drug-likeness (QED) is 0.323. The minimum Gasteiger partial charge on any atom is -0.512 e. The SMILES string of the molecule is C[C@H](N)C(=O)N[C@@H]1[C@H]2C(=C(O)C[C@@H](O)[C@@H]2O)C(=O)O[C@]1(C)CCl. The van der Waals surface area contributed by atoms with Gasteiger partial charge in [0.1, 0.15) is 11.4 Å². The van der Waals surface area contributed by atoms with Crippen molar-refractivity contribution in [2.45, 2.75) is 50.2 Å². The van der Waals surface area contributed by atoms with Crippen LogP contribution in [0.25, 0.3) is 0 Å². The fraction of sp³-hybridized carbons (Fsp3) is 0.714. The maximum atomic E-state index is 12.2. The molecule has 1 saturated heterocycles. The largest absolute Gasteiger partial charge is 0.512 e. The zero-order valence-electron chi connectivity index (χ0n) is 12.8. The van der Waals surface area contributed by atoms with Crippen molar-refractivity contribution in [2.75, 3.05) is 5.88 Å². The van der Waals surface area contributed by atoms with E-state index in [-0.39, 0.29) is 23.6 Å². The van der Waals surface area contributed by atoms with Crippen LogP contribution in [0.4, 0.5) is 0 Å². The van der Waals surface area contributed by atoms with Crippen LogP contribution in [0.15, 0.2) is 11.3 Å². The van der Waals surface area contributed by atoms with Crippen LogP contribution in [0, 0.1) is 5.92 Å². The molecule has 6 atom stereocenters. The standard InChI is InChI=1S/C14H21ClN2O6/c1-5(16)12(21)17-11-9-8(6(18)3-7(19)10(9)20)13(22)23-14(11,2)4-15/h5,7,9-11,18-20H,3-4,16H2,1-2H3,(H,17,21)/t5-,7+,9-,10-,11+,14+/m0/s1. The molecule has 8 nitrogen and oxygen atoms in total. The molecule has 0 saturated carbocycles. The molecule has 23 heavy (non-hydrogen) atoms. The Labute approximate surface area is 138 Å². The third-order valence-electron chi connectivity index (χ3n) is 4.35. The van der Waals surface area contributed by atoms with Gasteiger partial charge in [-0.15, -0.1) is 11.6 Å². The van der Waals surface area contributed by atoms with Gasteiger partial charge in [-0.1, -0.05) is 0 Å². The molecule has 0 radical (unpaired) electrons. The van der Waals surface area contributed by atoms with Crippen molar-refractivity contribution in [3.05, 3.63) is 11.3 Å². The Balaban J connectivity index is 2.50. The maximum Gasteiger partial charge on any atom is 0.338 e. The van der Waals surface area contributed by atoms with Crippen LogP contribution < -0.4 is 11.1 Å². The van der Waals surface area contributed by atoms with E-state index in [2.05, 4.69) is 5.32 Å². The summed E-state index contributed by atoms with van der Waals surface area (Å²) in [6.45, 7) is 2.98. The molecule has 2 aliphatic rings. The number of amides is 1. The molecule has 9 heteroatoms. The molecule has 1 fully saturated rings. The molecule has 1 amide bonds. The van der Waals surface area contributed by atoms with Crippen molar-refractivity contribution in [1.82, 2.24) is 5.32 Å². The second-order valence-corrected chi connectivity index (χ2v) is 6.53. The number of halogens is 1. The molecular weight excluding hydrogens is 328 g/mol. The van der Waals surface area contributed by atoms with Gasteiger partial charge in [-0.05, 0) is 13.8 Å². The predicted octanol–water partition coefficient (Wildman–Crippen LogP) is -1.07. The minimum absolute atomic E-state index is 0.152. The highest BCUT2D eigenvalue weighted by Gasteiger charge is 2.56. The van der Waals surface area contributed by atoms with Crippen LogP contribution >= 0.6 is 11.6 Å². The Morgan fingerprint density at radius 1 is 1.57 bits per heavy atom. The summed E-state index contributed by atoms with van der Waals surface area (Å²) in [6.07, 6.45) is -2.91. The lowest BCUT2D eigenvalue weighted by molar-refractivity contribution is -0.172. The number of aliphatic hydroxyl groups excluding tert-OH is 3. The van der Waals surface area contributed by atoms with Gasteiger partial charge >= 0.3 is 5.97 Å². The third kappa shape index (κ3) is 3.03. The number of carbonyl (C=O) groups excluding carboxylic acids is 2. The van der Waals surface area contributed by atoms with Crippen molar-refractivity contribution in [1.29, 1.82) is 0 Å². The summed E-state index contributed by atoms with van der Waals surface area (Å²) in [4.78, 5) is 24.2. The first kappa shape index (κ1) is 18.0. The van der Waals surface area contributed by atoms with Crippen molar-refractivity contribution in [3.63, 3.8) is 0 Å². The van der Waals surface area contributed by atoms with Crippen LogP contribution in [-0.4, -0.2) is 63.0 Å². The van der Waals surface area contributed by atoms with E-state index in [1.54, 1.807) is 0 Å². The van der Waals surface area contributed by atoms with Gasteiger partial charge < -0.3 is 31.1 Å². The van der Waals surface area contributed by atoms with E-state index in [1.807, 2.05) is 0 Å². The second-order valence-electron chi connectivity index (χ2n) is 6.26.